The lowest BCUT2D eigenvalue weighted by molar-refractivity contribution is -0.161. The van der Waals surface area contributed by atoms with E-state index in [0.717, 1.165) is 32.6 Å². The molecule has 3 aromatic carbocycles. The largest absolute Gasteiger partial charge is 0.497 e. The Morgan fingerprint density at radius 3 is 2.78 bits per heavy atom. The van der Waals surface area contributed by atoms with Gasteiger partial charge in [0.25, 0.3) is 5.91 Å². The molecule has 3 heterocycles. The van der Waals surface area contributed by atoms with Crippen LogP contribution in [0.5, 0.6) is 11.5 Å². The predicted octanol–water partition coefficient (Wildman–Crippen LogP) is 5.46. The summed E-state index contributed by atoms with van der Waals surface area (Å²) in [7, 11) is 1.64. The number of ether oxygens (including phenoxy) is 2. The number of methoxy groups -OCH3 is 1. The molecule has 1 N–H and O–H groups in total. The van der Waals surface area contributed by atoms with E-state index in [1.165, 1.54) is 0 Å². The number of fused-ring (bicyclic) bond motifs is 6. The smallest absolute Gasteiger partial charge is 0.306 e. The monoisotopic (exact) mass is 509 g/mol. The third-order valence-corrected chi connectivity index (χ3v) is 6.88. The van der Waals surface area contributed by atoms with Gasteiger partial charge in [-0.05, 0) is 66.2 Å². The fourth-order valence-electron chi connectivity index (χ4n) is 4.64. The predicted molar refractivity (Wildman–Crippen MR) is 125 cm³/mol. The van der Waals surface area contributed by atoms with Crippen LogP contribution < -0.4 is 14.8 Å². The van der Waals surface area contributed by atoms with E-state index in [9.17, 15) is 4.79 Å². The van der Waals surface area contributed by atoms with Gasteiger partial charge in [0.05, 0.1) is 30.1 Å². The molecule has 0 saturated heterocycles. The lowest BCUT2D eigenvalue weighted by atomic mass is 9.92. The van der Waals surface area contributed by atoms with E-state index in [1.54, 1.807) is 18.2 Å². The van der Waals surface area contributed by atoms with Crippen molar-refractivity contribution in [3.05, 3.63) is 86.8 Å². The molecule has 0 radical (unpaired) electrons. The number of nitrogens with one attached hydrogen (secondary N) is 1. The Morgan fingerprint density at radius 2 is 2.00 bits per heavy atom. The van der Waals surface area contributed by atoms with Crippen molar-refractivity contribution in [2.45, 2.75) is 18.2 Å². The number of hydrogen-bond donors (Lipinski definition) is 1. The van der Waals surface area contributed by atoms with Crippen molar-refractivity contribution in [3.63, 3.8) is 0 Å². The van der Waals surface area contributed by atoms with Crippen molar-refractivity contribution < 1.29 is 14.3 Å². The lowest BCUT2D eigenvalue weighted by Crippen LogP contribution is -2.55. The third kappa shape index (κ3) is 2.71. The number of anilines is 1. The number of hydrazone groups is 1. The summed E-state index contributed by atoms with van der Waals surface area (Å²) in [6, 6.07) is 18.7. The van der Waals surface area contributed by atoms with Crippen LogP contribution in [-0.4, -0.2) is 23.7 Å². The number of carbonyl (C=O) groups excluding carboxylic acids is 1. The van der Waals surface area contributed by atoms with E-state index < -0.39 is 5.72 Å². The summed E-state index contributed by atoms with van der Waals surface area (Å²) in [6.45, 7) is 0. The van der Waals surface area contributed by atoms with Crippen molar-refractivity contribution in [3.8, 4) is 11.5 Å². The highest BCUT2D eigenvalue weighted by atomic mass is 79.9. The Labute approximate surface area is 197 Å². The summed E-state index contributed by atoms with van der Waals surface area (Å²) in [5.74, 6) is 1.14. The summed E-state index contributed by atoms with van der Waals surface area (Å²) in [6.07, 6.45) is 0.612. The highest BCUT2D eigenvalue weighted by Crippen LogP contribution is 2.54. The Morgan fingerprint density at radius 1 is 1.19 bits per heavy atom. The number of nitrogens with zero attached hydrogens (tertiary/aromatic N) is 2. The summed E-state index contributed by atoms with van der Waals surface area (Å²) >= 11 is 9.86. The first-order valence-electron chi connectivity index (χ1n) is 10.1. The van der Waals surface area contributed by atoms with Crippen LogP contribution in [0.15, 0.2) is 70.2 Å². The van der Waals surface area contributed by atoms with Crippen molar-refractivity contribution in [2.75, 3.05) is 12.4 Å². The lowest BCUT2D eigenvalue weighted by Gasteiger charge is -2.44. The number of carbonyl (C=O) groups is 1. The van der Waals surface area contributed by atoms with E-state index in [1.807, 2.05) is 54.6 Å². The Bertz CT molecular complexity index is 1310. The number of amides is 1. The molecule has 2 atom stereocenters. The molecular formula is C24H17BrClN3O3. The van der Waals surface area contributed by atoms with Crippen LogP contribution in [0.1, 0.15) is 29.2 Å². The van der Waals surface area contributed by atoms with Crippen LogP contribution in [-0.2, 0) is 10.5 Å². The molecule has 0 bridgehead atoms. The van der Waals surface area contributed by atoms with E-state index in [-0.39, 0.29) is 11.9 Å². The number of benzene rings is 3. The van der Waals surface area contributed by atoms with Crippen LogP contribution in [0.2, 0.25) is 5.02 Å². The van der Waals surface area contributed by atoms with Crippen LogP contribution >= 0.6 is 27.5 Å². The van der Waals surface area contributed by atoms with E-state index in [4.69, 9.17) is 26.2 Å². The van der Waals surface area contributed by atoms with Crippen LogP contribution in [0.25, 0.3) is 0 Å². The summed E-state index contributed by atoms with van der Waals surface area (Å²) in [4.78, 5) is 13.5. The molecule has 3 aliphatic rings. The van der Waals surface area contributed by atoms with Gasteiger partial charge in [0, 0.05) is 21.5 Å². The average molecular weight is 511 g/mol. The molecule has 32 heavy (non-hydrogen) atoms. The standard InChI is InChI=1S/C24H17BrClN3O3/c1-31-16-6-2-13(3-7-16)20-12-21-17-11-15(26)5-9-22(17)32-24(29(21)28-20)18-10-14(25)4-8-19(18)27-23(24)30/h2-11,21H,12H2,1H3,(H,27,30)/t21-,24+/m1/s1. The first-order valence-corrected chi connectivity index (χ1v) is 11.3. The van der Waals surface area contributed by atoms with Gasteiger partial charge in [-0.15, -0.1) is 0 Å². The molecule has 0 fully saturated rings. The molecule has 3 aliphatic heterocycles. The minimum absolute atomic E-state index is 0.203. The number of halogens is 2. The van der Waals surface area contributed by atoms with Crippen LogP contribution in [0, 0.1) is 0 Å². The average Bonchev–Trinajstić information content (AvgIpc) is 3.36. The quantitative estimate of drug-likeness (QED) is 0.497. The van der Waals surface area contributed by atoms with Crippen LogP contribution in [0.3, 0.4) is 0 Å². The molecule has 0 aromatic heterocycles. The van der Waals surface area contributed by atoms with Gasteiger partial charge < -0.3 is 14.8 Å². The molecule has 1 spiro atoms. The van der Waals surface area contributed by atoms with Gasteiger partial charge in [-0.25, -0.2) is 5.01 Å². The zero-order valence-electron chi connectivity index (χ0n) is 16.9. The maximum Gasteiger partial charge on any atom is 0.306 e. The summed E-state index contributed by atoms with van der Waals surface area (Å²) in [5.41, 5.74) is 2.77. The number of rotatable bonds is 2. The molecule has 1 amide bonds. The van der Waals surface area contributed by atoms with Gasteiger partial charge in [-0.1, -0.05) is 27.5 Å². The molecule has 3 aromatic rings. The Kier molecular flexibility index (Phi) is 4.29. The molecule has 0 saturated carbocycles. The first-order chi connectivity index (χ1) is 15.5. The van der Waals surface area contributed by atoms with Gasteiger partial charge in [-0.3, -0.25) is 4.79 Å². The van der Waals surface area contributed by atoms with Crippen molar-refractivity contribution >= 4 is 44.8 Å². The molecule has 6 nitrogen and oxygen atoms in total. The zero-order chi connectivity index (χ0) is 22.0. The van der Waals surface area contributed by atoms with Crippen molar-refractivity contribution in [1.29, 1.82) is 0 Å². The highest BCUT2D eigenvalue weighted by molar-refractivity contribution is 9.10. The fraction of sp³-hybridized carbons (Fsp3) is 0.167. The SMILES string of the molecule is COc1ccc(C2=NN3[C@H](C2)c2cc(Cl)ccc2O[C@@]32C(=O)Nc3ccc(Br)cc32)cc1. The summed E-state index contributed by atoms with van der Waals surface area (Å²) in [5, 5.41) is 10.3. The van der Waals surface area contributed by atoms with Gasteiger partial charge in [-0.2, -0.15) is 5.10 Å². The first kappa shape index (κ1) is 19.6. The second-order valence-electron chi connectivity index (χ2n) is 7.91. The van der Waals surface area contributed by atoms with E-state index in [0.29, 0.717) is 22.9 Å². The minimum atomic E-state index is -1.40. The maximum absolute atomic E-state index is 13.5. The van der Waals surface area contributed by atoms with Gasteiger partial charge in [0.1, 0.15) is 11.5 Å². The second-order valence-corrected chi connectivity index (χ2v) is 9.26. The van der Waals surface area contributed by atoms with Gasteiger partial charge >= 0.3 is 5.72 Å². The molecule has 0 aliphatic carbocycles. The topological polar surface area (TPSA) is 63.2 Å². The molecule has 6 rings (SSSR count). The van der Waals surface area contributed by atoms with Gasteiger partial charge in [0.15, 0.2) is 0 Å². The zero-order valence-corrected chi connectivity index (χ0v) is 19.3. The van der Waals surface area contributed by atoms with E-state index >= 15 is 0 Å². The summed E-state index contributed by atoms with van der Waals surface area (Å²) < 4.78 is 12.6. The van der Waals surface area contributed by atoms with Crippen LogP contribution in [0.4, 0.5) is 5.69 Å². The number of hydrogen-bond acceptors (Lipinski definition) is 5. The highest BCUT2D eigenvalue weighted by Gasteiger charge is 2.61. The van der Waals surface area contributed by atoms with Crippen molar-refractivity contribution in [2.24, 2.45) is 5.10 Å². The third-order valence-electron chi connectivity index (χ3n) is 6.15. The molecular weight excluding hydrogens is 494 g/mol. The molecule has 0 unspecified atom stereocenters. The van der Waals surface area contributed by atoms with E-state index in [2.05, 4.69) is 21.2 Å². The molecule has 160 valence electrons. The Hall–Kier alpha value is -3.03. The van der Waals surface area contributed by atoms with Crippen molar-refractivity contribution in [1.82, 2.24) is 5.01 Å². The fourth-order valence-corrected chi connectivity index (χ4v) is 5.18. The normalized spacial score (nSPS) is 22.6. The Balaban J connectivity index is 1.55. The second kappa shape index (κ2) is 6.98. The van der Waals surface area contributed by atoms with Gasteiger partial charge in [0.2, 0.25) is 0 Å². The minimum Gasteiger partial charge on any atom is -0.497 e. The molecule has 8 heteroatoms. The maximum atomic E-state index is 13.5.